The predicted octanol–water partition coefficient (Wildman–Crippen LogP) is 4.66. The van der Waals surface area contributed by atoms with Gasteiger partial charge in [-0.3, -0.25) is 14.8 Å². The fourth-order valence-electron chi connectivity index (χ4n) is 2.63. The zero-order chi connectivity index (χ0) is 23.1. The van der Waals surface area contributed by atoms with Crippen molar-refractivity contribution >= 4 is 23.6 Å². The van der Waals surface area contributed by atoms with E-state index >= 15 is 0 Å². The number of alkyl halides is 3. The molecule has 0 saturated heterocycles. The average Bonchev–Trinajstić information content (AvgIpc) is 2.78. The Morgan fingerprint density at radius 2 is 1.72 bits per heavy atom. The van der Waals surface area contributed by atoms with Gasteiger partial charge in [-0.1, -0.05) is 30.3 Å². The van der Waals surface area contributed by atoms with Gasteiger partial charge in [-0.25, -0.2) is 10.5 Å². The lowest BCUT2D eigenvalue weighted by molar-refractivity contribution is -0.141. The van der Waals surface area contributed by atoms with Crippen molar-refractivity contribution in [3.8, 4) is 11.5 Å². The van der Waals surface area contributed by atoms with E-state index in [2.05, 4.69) is 10.3 Å². The SMILES string of the molecule is O=C(/C=C/c1ccccc1NC(=O)c1ccccc1Oc1ccc(C(F)(F)F)nc1)NO. The lowest BCUT2D eigenvalue weighted by atomic mass is 10.1. The Morgan fingerprint density at radius 1 is 1.00 bits per heavy atom. The van der Waals surface area contributed by atoms with Crippen LogP contribution in [-0.4, -0.2) is 22.0 Å². The Hall–Kier alpha value is -4.18. The molecule has 3 aromatic rings. The van der Waals surface area contributed by atoms with Gasteiger partial charge in [0.1, 0.15) is 17.2 Å². The van der Waals surface area contributed by atoms with Gasteiger partial charge in [0, 0.05) is 11.8 Å². The molecular weight excluding hydrogens is 427 g/mol. The van der Waals surface area contributed by atoms with E-state index in [1.54, 1.807) is 36.4 Å². The predicted molar refractivity (Wildman–Crippen MR) is 109 cm³/mol. The topological polar surface area (TPSA) is 101 Å². The number of hydrogen-bond donors (Lipinski definition) is 3. The number of benzene rings is 2. The molecule has 0 bridgehead atoms. The Kier molecular flexibility index (Phi) is 6.86. The third kappa shape index (κ3) is 5.70. The monoisotopic (exact) mass is 443 g/mol. The Balaban J connectivity index is 1.81. The molecule has 10 heteroatoms. The molecule has 0 saturated carbocycles. The van der Waals surface area contributed by atoms with Crippen molar-refractivity contribution in [1.82, 2.24) is 10.5 Å². The van der Waals surface area contributed by atoms with Crippen LogP contribution in [0.2, 0.25) is 0 Å². The minimum absolute atomic E-state index is 0.0246. The number of rotatable bonds is 6. The van der Waals surface area contributed by atoms with Gasteiger partial charge in [-0.15, -0.1) is 0 Å². The highest BCUT2D eigenvalue weighted by atomic mass is 19.4. The molecule has 0 unspecified atom stereocenters. The Morgan fingerprint density at radius 3 is 2.41 bits per heavy atom. The quantitative estimate of drug-likeness (QED) is 0.292. The number of nitrogens with zero attached hydrogens (tertiary/aromatic N) is 1. The molecule has 0 spiro atoms. The Labute approximate surface area is 180 Å². The first-order valence-corrected chi connectivity index (χ1v) is 9.10. The molecule has 32 heavy (non-hydrogen) atoms. The molecule has 1 aromatic heterocycles. The summed E-state index contributed by atoms with van der Waals surface area (Å²) in [6, 6.07) is 14.7. The first kappa shape index (κ1) is 22.5. The molecule has 7 nitrogen and oxygen atoms in total. The number of nitrogens with one attached hydrogen (secondary N) is 2. The standard InChI is InChI=1S/C22H16F3N3O4/c23-22(24,25)19-11-10-15(13-26-19)32-18-8-4-2-6-16(18)21(30)27-17-7-3-1-5-14(17)9-12-20(29)28-31/h1-13,31H,(H,27,30)(H,28,29)/b12-9+. The highest BCUT2D eigenvalue weighted by Gasteiger charge is 2.32. The normalized spacial score (nSPS) is 11.2. The van der Waals surface area contributed by atoms with Crippen molar-refractivity contribution < 1.29 is 32.7 Å². The van der Waals surface area contributed by atoms with E-state index in [-0.39, 0.29) is 17.1 Å². The molecule has 0 radical (unpaired) electrons. The van der Waals surface area contributed by atoms with E-state index in [1.807, 2.05) is 0 Å². The number of para-hydroxylation sites is 2. The molecule has 164 valence electrons. The highest BCUT2D eigenvalue weighted by molar-refractivity contribution is 6.07. The first-order chi connectivity index (χ1) is 15.3. The molecule has 0 aliphatic rings. The summed E-state index contributed by atoms with van der Waals surface area (Å²) in [7, 11) is 0. The van der Waals surface area contributed by atoms with Crippen LogP contribution < -0.4 is 15.5 Å². The molecule has 3 rings (SSSR count). The maximum Gasteiger partial charge on any atom is 0.433 e. The molecule has 0 atom stereocenters. The van der Waals surface area contributed by atoms with E-state index in [9.17, 15) is 22.8 Å². The van der Waals surface area contributed by atoms with Crippen molar-refractivity contribution in [2.45, 2.75) is 6.18 Å². The number of amides is 2. The van der Waals surface area contributed by atoms with Gasteiger partial charge in [0.2, 0.25) is 0 Å². The third-order valence-electron chi connectivity index (χ3n) is 4.12. The zero-order valence-electron chi connectivity index (χ0n) is 16.3. The van der Waals surface area contributed by atoms with Crippen molar-refractivity contribution in [3.63, 3.8) is 0 Å². The maximum atomic E-state index is 12.9. The Bertz CT molecular complexity index is 1150. The van der Waals surface area contributed by atoms with Crippen molar-refractivity contribution in [1.29, 1.82) is 0 Å². The second kappa shape index (κ2) is 9.75. The second-order valence-electron chi connectivity index (χ2n) is 6.33. The third-order valence-corrected chi connectivity index (χ3v) is 4.12. The molecule has 2 aromatic carbocycles. The number of halogens is 3. The first-order valence-electron chi connectivity index (χ1n) is 9.10. The summed E-state index contributed by atoms with van der Waals surface area (Å²) in [4.78, 5) is 27.4. The molecule has 2 amide bonds. The largest absolute Gasteiger partial charge is 0.455 e. The van der Waals surface area contributed by atoms with Crippen LogP contribution in [0.1, 0.15) is 21.6 Å². The average molecular weight is 443 g/mol. The van der Waals surface area contributed by atoms with Crippen LogP contribution in [0, 0.1) is 0 Å². The van der Waals surface area contributed by atoms with E-state index in [0.717, 1.165) is 24.4 Å². The van der Waals surface area contributed by atoms with Gasteiger partial charge in [0.25, 0.3) is 11.8 Å². The summed E-state index contributed by atoms with van der Waals surface area (Å²) in [5.41, 5.74) is 1.41. The fourth-order valence-corrected chi connectivity index (χ4v) is 2.63. The molecule has 0 aliphatic heterocycles. The van der Waals surface area contributed by atoms with Crippen LogP contribution in [0.25, 0.3) is 6.08 Å². The number of carbonyl (C=O) groups excluding carboxylic acids is 2. The van der Waals surface area contributed by atoms with Crippen LogP contribution in [-0.2, 0) is 11.0 Å². The number of pyridine rings is 1. The molecular formula is C22H16F3N3O4. The summed E-state index contributed by atoms with van der Waals surface area (Å²) >= 11 is 0. The van der Waals surface area contributed by atoms with Gasteiger partial charge in [-0.05, 0) is 42.0 Å². The number of ether oxygens (including phenoxy) is 1. The maximum absolute atomic E-state index is 12.9. The minimum atomic E-state index is -4.57. The van der Waals surface area contributed by atoms with Gasteiger partial charge in [0.05, 0.1) is 11.8 Å². The van der Waals surface area contributed by atoms with Gasteiger partial charge >= 0.3 is 6.18 Å². The van der Waals surface area contributed by atoms with Crippen molar-refractivity contribution in [2.24, 2.45) is 0 Å². The number of aromatic nitrogens is 1. The summed E-state index contributed by atoms with van der Waals surface area (Å²) < 4.78 is 43.6. The lowest BCUT2D eigenvalue weighted by Gasteiger charge is -2.13. The van der Waals surface area contributed by atoms with E-state index in [0.29, 0.717) is 11.3 Å². The van der Waals surface area contributed by atoms with Crippen LogP contribution >= 0.6 is 0 Å². The van der Waals surface area contributed by atoms with Crippen LogP contribution in [0.15, 0.2) is 72.9 Å². The van der Waals surface area contributed by atoms with E-state index in [1.165, 1.54) is 23.7 Å². The molecule has 1 heterocycles. The minimum Gasteiger partial charge on any atom is -0.455 e. The summed E-state index contributed by atoms with van der Waals surface area (Å²) in [5.74, 6) is -1.15. The number of hydrogen-bond acceptors (Lipinski definition) is 5. The van der Waals surface area contributed by atoms with Crippen LogP contribution in [0.3, 0.4) is 0 Å². The van der Waals surface area contributed by atoms with E-state index < -0.39 is 23.7 Å². The van der Waals surface area contributed by atoms with Gasteiger partial charge in [-0.2, -0.15) is 13.2 Å². The van der Waals surface area contributed by atoms with Gasteiger partial charge in [0.15, 0.2) is 0 Å². The molecule has 3 N–H and O–H groups in total. The van der Waals surface area contributed by atoms with Crippen LogP contribution in [0.5, 0.6) is 11.5 Å². The number of carbonyl (C=O) groups is 2. The van der Waals surface area contributed by atoms with Crippen molar-refractivity contribution in [2.75, 3.05) is 5.32 Å². The molecule has 0 fully saturated rings. The molecule has 0 aliphatic carbocycles. The number of hydroxylamine groups is 1. The summed E-state index contributed by atoms with van der Waals surface area (Å²) in [6.07, 6.45) is -1.17. The summed E-state index contributed by atoms with van der Waals surface area (Å²) in [5, 5.41) is 11.3. The van der Waals surface area contributed by atoms with E-state index in [4.69, 9.17) is 9.94 Å². The second-order valence-corrected chi connectivity index (χ2v) is 6.33. The zero-order valence-corrected chi connectivity index (χ0v) is 16.3. The smallest absolute Gasteiger partial charge is 0.433 e. The van der Waals surface area contributed by atoms with Crippen molar-refractivity contribution in [3.05, 3.63) is 89.8 Å². The lowest BCUT2D eigenvalue weighted by Crippen LogP contribution is -2.15. The fraction of sp³-hybridized carbons (Fsp3) is 0.0455. The number of anilines is 1. The van der Waals surface area contributed by atoms with Gasteiger partial charge < -0.3 is 10.1 Å². The highest BCUT2D eigenvalue weighted by Crippen LogP contribution is 2.30. The summed E-state index contributed by atoms with van der Waals surface area (Å²) in [6.45, 7) is 0. The van der Waals surface area contributed by atoms with Crippen LogP contribution in [0.4, 0.5) is 18.9 Å².